The summed E-state index contributed by atoms with van der Waals surface area (Å²) in [7, 11) is 3.32. The van der Waals surface area contributed by atoms with Crippen molar-refractivity contribution >= 4 is 23.3 Å². The highest BCUT2D eigenvalue weighted by Gasteiger charge is 2.20. The van der Waals surface area contributed by atoms with Crippen LogP contribution in [0.1, 0.15) is 15.9 Å². The molecule has 0 aromatic heterocycles. The van der Waals surface area contributed by atoms with E-state index in [4.69, 9.17) is 9.47 Å². The Hall–Kier alpha value is -3.62. The van der Waals surface area contributed by atoms with Gasteiger partial charge in [-0.05, 0) is 36.8 Å². The van der Waals surface area contributed by atoms with Gasteiger partial charge in [-0.2, -0.15) is 0 Å². The number of nitrogens with zero attached hydrogens (tertiary/aromatic N) is 2. The number of amides is 1. The minimum absolute atomic E-state index is 0.00196. The average molecular weight is 401 g/mol. The number of carbonyl (C=O) groups excluding carboxylic acids is 2. The van der Waals surface area contributed by atoms with Crippen LogP contribution in [0.4, 0.5) is 11.4 Å². The molecule has 1 N–H and O–H groups in total. The highest BCUT2D eigenvalue weighted by molar-refractivity contribution is 5.93. The molecule has 2 aromatic rings. The molecular formula is C20H23N3O6. The smallest absolute Gasteiger partial charge is 0.338 e. The lowest BCUT2D eigenvalue weighted by molar-refractivity contribution is -0.384. The summed E-state index contributed by atoms with van der Waals surface area (Å²) in [4.78, 5) is 36.1. The third-order valence-corrected chi connectivity index (χ3v) is 3.91. The van der Waals surface area contributed by atoms with Crippen LogP contribution in [0, 0.1) is 17.0 Å². The molecule has 0 heterocycles. The van der Waals surface area contributed by atoms with Crippen molar-refractivity contribution in [3.05, 3.63) is 63.7 Å². The Morgan fingerprint density at radius 2 is 1.93 bits per heavy atom. The van der Waals surface area contributed by atoms with Gasteiger partial charge in [-0.15, -0.1) is 0 Å². The molecule has 29 heavy (non-hydrogen) atoms. The summed E-state index contributed by atoms with van der Waals surface area (Å²) >= 11 is 0. The molecule has 0 fully saturated rings. The number of nitrogens with one attached hydrogen (secondary N) is 1. The second-order valence-corrected chi connectivity index (χ2v) is 6.45. The maximum atomic E-state index is 12.1. The summed E-state index contributed by atoms with van der Waals surface area (Å²) in [5.74, 6) is -0.608. The van der Waals surface area contributed by atoms with Gasteiger partial charge >= 0.3 is 5.97 Å². The second kappa shape index (κ2) is 10.1. The van der Waals surface area contributed by atoms with E-state index in [0.717, 1.165) is 11.6 Å². The lowest BCUT2D eigenvalue weighted by atomic mass is 10.1. The Morgan fingerprint density at radius 1 is 1.17 bits per heavy atom. The van der Waals surface area contributed by atoms with Crippen LogP contribution in [-0.2, 0) is 9.53 Å². The molecule has 0 unspecified atom stereocenters. The Kier molecular flexibility index (Phi) is 7.53. The minimum Gasteiger partial charge on any atom is -0.492 e. The Bertz CT molecular complexity index is 898. The molecule has 0 aliphatic carbocycles. The first-order valence-electron chi connectivity index (χ1n) is 8.87. The SMILES string of the molecule is Cc1cccc(OCCNC(=O)COC(=O)c2ccc(N(C)C)c([N+](=O)[O-])c2)c1. The van der Waals surface area contributed by atoms with Crippen molar-refractivity contribution in [1.82, 2.24) is 5.32 Å². The molecule has 0 bridgehead atoms. The van der Waals surface area contributed by atoms with Crippen LogP contribution in [0.3, 0.4) is 0 Å². The molecule has 0 saturated carbocycles. The van der Waals surface area contributed by atoms with Gasteiger partial charge in [0.05, 0.1) is 17.0 Å². The first-order chi connectivity index (χ1) is 13.8. The van der Waals surface area contributed by atoms with Crippen LogP contribution in [0.15, 0.2) is 42.5 Å². The number of nitro benzene ring substituents is 1. The number of aryl methyl sites for hydroxylation is 1. The van der Waals surface area contributed by atoms with Gasteiger partial charge in [-0.1, -0.05) is 12.1 Å². The number of benzene rings is 2. The van der Waals surface area contributed by atoms with Crippen molar-refractivity contribution in [3.63, 3.8) is 0 Å². The fourth-order valence-corrected chi connectivity index (χ4v) is 2.50. The van der Waals surface area contributed by atoms with Crippen molar-refractivity contribution in [1.29, 1.82) is 0 Å². The van der Waals surface area contributed by atoms with E-state index in [9.17, 15) is 19.7 Å². The van der Waals surface area contributed by atoms with Gasteiger partial charge in [-0.3, -0.25) is 14.9 Å². The molecular weight excluding hydrogens is 378 g/mol. The van der Waals surface area contributed by atoms with E-state index in [-0.39, 0.29) is 24.4 Å². The third-order valence-electron chi connectivity index (χ3n) is 3.91. The van der Waals surface area contributed by atoms with Crippen LogP contribution >= 0.6 is 0 Å². The quantitative estimate of drug-likeness (QED) is 0.297. The van der Waals surface area contributed by atoms with Crippen LogP contribution in [0.2, 0.25) is 0 Å². The first-order valence-corrected chi connectivity index (χ1v) is 8.87. The zero-order chi connectivity index (χ0) is 21.4. The second-order valence-electron chi connectivity index (χ2n) is 6.45. The Labute approximate surface area is 168 Å². The van der Waals surface area contributed by atoms with Crippen molar-refractivity contribution in [2.45, 2.75) is 6.92 Å². The number of hydrogen-bond acceptors (Lipinski definition) is 7. The molecule has 154 valence electrons. The summed E-state index contributed by atoms with van der Waals surface area (Å²) in [6.45, 7) is 1.97. The number of ether oxygens (including phenoxy) is 2. The maximum absolute atomic E-state index is 12.1. The summed E-state index contributed by atoms with van der Waals surface area (Å²) < 4.78 is 10.4. The molecule has 2 aromatic carbocycles. The number of carbonyl (C=O) groups is 2. The van der Waals surface area contributed by atoms with Crippen molar-refractivity contribution in [3.8, 4) is 5.75 Å². The van der Waals surface area contributed by atoms with E-state index in [1.807, 2.05) is 31.2 Å². The van der Waals surface area contributed by atoms with Crippen molar-refractivity contribution in [2.24, 2.45) is 0 Å². The van der Waals surface area contributed by atoms with Gasteiger partial charge in [0.1, 0.15) is 18.0 Å². The van der Waals surface area contributed by atoms with Crippen LogP contribution < -0.4 is 15.0 Å². The van der Waals surface area contributed by atoms with E-state index in [2.05, 4.69) is 5.32 Å². The van der Waals surface area contributed by atoms with Gasteiger partial charge in [0, 0.05) is 20.2 Å². The molecule has 2 rings (SSSR count). The topological polar surface area (TPSA) is 111 Å². The summed E-state index contributed by atoms with van der Waals surface area (Å²) in [6, 6.07) is 11.5. The predicted octanol–water partition coefficient (Wildman–Crippen LogP) is 2.32. The number of esters is 1. The zero-order valence-electron chi connectivity index (χ0n) is 16.5. The lowest BCUT2D eigenvalue weighted by Crippen LogP contribution is -2.32. The normalized spacial score (nSPS) is 10.2. The van der Waals surface area contributed by atoms with Gasteiger partial charge < -0.3 is 19.7 Å². The molecule has 0 saturated heterocycles. The monoisotopic (exact) mass is 401 g/mol. The third kappa shape index (κ3) is 6.49. The molecule has 0 aliphatic heterocycles. The summed E-state index contributed by atoms with van der Waals surface area (Å²) in [6.07, 6.45) is 0. The van der Waals surface area contributed by atoms with Gasteiger partial charge in [0.25, 0.3) is 11.6 Å². The number of hydrogen-bond donors (Lipinski definition) is 1. The molecule has 9 nitrogen and oxygen atoms in total. The number of rotatable bonds is 9. The number of anilines is 1. The maximum Gasteiger partial charge on any atom is 0.338 e. The largest absolute Gasteiger partial charge is 0.492 e. The minimum atomic E-state index is -0.815. The van der Waals surface area contributed by atoms with Gasteiger partial charge in [0.15, 0.2) is 6.61 Å². The predicted molar refractivity (Wildman–Crippen MR) is 107 cm³/mol. The van der Waals surface area contributed by atoms with Crippen molar-refractivity contribution < 1.29 is 24.0 Å². The fraction of sp³-hybridized carbons (Fsp3) is 0.300. The van der Waals surface area contributed by atoms with Gasteiger partial charge in [-0.25, -0.2) is 4.79 Å². The molecule has 0 atom stereocenters. The number of nitro groups is 1. The zero-order valence-corrected chi connectivity index (χ0v) is 16.5. The lowest BCUT2D eigenvalue weighted by Gasteiger charge is -2.13. The van der Waals surface area contributed by atoms with Crippen LogP contribution in [0.25, 0.3) is 0 Å². The van der Waals surface area contributed by atoms with Crippen LogP contribution in [-0.4, -0.2) is 50.7 Å². The highest BCUT2D eigenvalue weighted by atomic mass is 16.6. The van der Waals surface area contributed by atoms with Gasteiger partial charge in [0.2, 0.25) is 0 Å². The van der Waals surface area contributed by atoms with E-state index in [1.54, 1.807) is 19.0 Å². The molecule has 9 heteroatoms. The van der Waals surface area contributed by atoms with E-state index >= 15 is 0 Å². The highest BCUT2D eigenvalue weighted by Crippen LogP contribution is 2.27. The Morgan fingerprint density at radius 3 is 2.59 bits per heavy atom. The standard InChI is InChI=1S/C20H23N3O6/c1-14-5-4-6-16(11-14)28-10-9-21-19(24)13-29-20(25)15-7-8-17(22(2)3)18(12-15)23(26)27/h4-8,11-12H,9-10,13H2,1-3H3,(H,21,24). The fourth-order valence-electron chi connectivity index (χ4n) is 2.50. The molecule has 0 spiro atoms. The summed E-state index contributed by atoms with van der Waals surface area (Å²) in [5.41, 5.74) is 1.20. The van der Waals surface area contributed by atoms with E-state index in [0.29, 0.717) is 11.4 Å². The average Bonchev–Trinajstić information content (AvgIpc) is 2.68. The Balaban J connectivity index is 1.80. The summed E-state index contributed by atoms with van der Waals surface area (Å²) in [5, 5.41) is 13.8. The molecule has 0 radical (unpaired) electrons. The molecule has 1 amide bonds. The van der Waals surface area contributed by atoms with E-state index in [1.165, 1.54) is 12.1 Å². The first kappa shape index (κ1) is 21.7. The molecule has 0 aliphatic rings. The van der Waals surface area contributed by atoms with E-state index < -0.39 is 23.4 Å². The van der Waals surface area contributed by atoms with Crippen LogP contribution in [0.5, 0.6) is 5.75 Å². The van der Waals surface area contributed by atoms with Crippen molar-refractivity contribution in [2.75, 3.05) is 38.8 Å².